The maximum absolute atomic E-state index is 10.9. The number of carbonyl (C=O) groups excluding carboxylic acids is 1. The van der Waals surface area contributed by atoms with Gasteiger partial charge in [0, 0.05) is 6.42 Å². The second-order valence-corrected chi connectivity index (χ2v) is 2.99. The molecule has 0 saturated carbocycles. The zero-order valence-electron chi connectivity index (χ0n) is 8.23. The molecule has 0 aliphatic carbocycles. The average molecular weight is 204 g/mol. The van der Waals surface area contributed by atoms with Crippen molar-refractivity contribution < 1.29 is 24.5 Å². The molecule has 0 heterocycles. The van der Waals surface area contributed by atoms with Gasteiger partial charge in [-0.05, 0) is 6.42 Å². The largest absolute Gasteiger partial charge is 0.479 e. The average Bonchev–Trinajstić information content (AvgIpc) is 2.14. The van der Waals surface area contributed by atoms with Gasteiger partial charge < -0.3 is 14.9 Å². The summed E-state index contributed by atoms with van der Waals surface area (Å²) in [7, 11) is 0. The zero-order chi connectivity index (χ0) is 11.0. The number of hydrogen-bond donors (Lipinski definition) is 2. The number of esters is 1. The van der Waals surface area contributed by atoms with Gasteiger partial charge in [-0.15, -0.1) is 0 Å². The SMILES string of the molecule is CCCCCC(=O)OCC(O)C(=O)O. The highest BCUT2D eigenvalue weighted by Gasteiger charge is 2.15. The number of carboxylic acids is 1. The van der Waals surface area contributed by atoms with E-state index in [0.717, 1.165) is 19.3 Å². The summed E-state index contributed by atoms with van der Waals surface area (Å²) in [4.78, 5) is 21.0. The summed E-state index contributed by atoms with van der Waals surface area (Å²) in [6, 6.07) is 0. The molecule has 14 heavy (non-hydrogen) atoms. The highest BCUT2D eigenvalue weighted by molar-refractivity contribution is 5.73. The van der Waals surface area contributed by atoms with Crippen LogP contribution in [-0.4, -0.2) is 34.9 Å². The summed E-state index contributed by atoms with van der Waals surface area (Å²) in [5.74, 6) is -1.84. The fraction of sp³-hybridized carbons (Fsp3) is 0.778. The van der Waals surface area contributed by atoms with Crippen molar-refractivity contribution in [3.05, 3.63) is 0 Å². The monoisotopic (exact) mass is 204 g/mol. The third-order valence-corrected chi connectivity index (χ3v) is 1.67. The first-order chi connectivity index (χ1) is 6.57. The van der Waals surface area contributed by atoms with Crippen molar-refractivity contribution in [3.8, 4) is 0 Å². The van der Waals surface area contributed by atoms with E-state index < -0.39 is 24.6 Å². The van der Waals surface area contributed by atoms with Crippen molar-refractivity contribution in [2.45, 2.75) is 38.7 Å². The van der Waals surface area contributed by atoms with E-state index in [0.29, 0.717) is 0 Å². The molecule has 82 valence electrons. The topological polar surface area (TPSA) is 83.8 Å². The number of ether oxygens (including phenoxy) is 1. The first kappa shape index (κ1) is 12.9. The van der Waals surface area contributed by atoms with Crippen molar-refractivity contribution >= 4 is 11.9 Å². The smallest absolute Gasteiger partial charge is 0.336 e. The van der Waals surface area contributed by atoms with Crippen LogP contribution >= 0.6 is 0 Å². The molecule has 0 aromatic heterocycles. The first-order valence-electron chi connectivity index (χ1n) is 4.64. The summed E-state index contributed by atoms with van der Waals surface area (Å²) in [6.07, 6.45) is 1.34. The van der Waals surface area contributed by atoms with E-state index in [-0.39, 0.29) is 6.42 Å². The van der Waals surface area contributed by atoms with Gasteiger partial charge in [-0.2, -0.15) is 0 Å². The third kappa shape index (κ3) is 6.42. The molecule has 0 fully saturated rings. The minimum Gasteiger partial charge on any atom is -0.479 e. The van der Waals surface area contributed by atoms with Gasteiger partial charge in [-0.3, -0.25) is 4.79 Å². The summed E-state index contributed by atoms with van der Waals surface area (Å²) < 4.78 is 4.54. The van der Waals surface area contributed by atoms with E-state index in [1.54, 1.807) is 0 Å². The van der Waals surface area contributed by atoms with Gasteiger partial charge in [-0.1, -0.05) is 19.8 Å². The van der Waals surface area contributed by atoms with E-state index >= 15 is 0 Å². The molecule has 0 aromatic rings. The predicted octanol–water partition coefficient (Wildman–Crippen LogP) is 0.555. The minimum absolute atomic E-state index is 0.278. The number of carboxylic acid groups (broad SMARTS) is 1. The number of unbranched alkanes of at least 4 members (excludes halogenated alkanes) is 2. The molecule has 0 radical (unpaired) electrons. The van der Waals surface area contributed by atoms with Crippen LogP contribution in [0.1, 0.15) is 32.6 Å². The van der Waals surface area contributed by atoms with Crippen molar-refractivity contribution in [3.63, 3.8) is 0 Å². The molecule has 0 aliphatic heterocycles. The highest BCUT2D eigenvalue weighted by Crippen LogP contribution is 2.00. The Balaban J connectivity index is 3.48. The van der Waals surface area contributed by atoms with Gasteiger partial charge in [0.1, 0.15) is 6.61 Å². The van der Waals surface area contributed by atoms with Crippen molar-refractivity contribution in [2.24, 2.45) is 0 Å². The van der Waals surface area contributed by atoms with Gasteiger partial charge in [0.2, 0.25) is 0 Å². The van der Waals surface area contributed by atoms with Crippen molar-refractivity contribution in [1.29, 1.82) is 0 Å². The van der Waals surface area contributed by atoms with Crippen LogP contribution < -0.4 is 0 Å². The van der Waals surface area contributed by atoms with Crippen LogP contribution in [0.5, 0.6) is 0 Å². The molecule has 5 nitrogen and oxygen atoms in total. The van der Waals surface area contributed by atoms with Crippen LogP contribution in [-0.2, 0) is 14.3 Å². The van der Waals surface area contributed by atoms with Crippen LogP contribution in [0.2, 0.25) is 0 Å². The fourth-order valence-electron chi connectivity index (χ4n) is 0.835. The molecule has 0 rings (SSSR count). The van der Waals surface area contributed by atoms with E-state index in [1.165, 1.54) is 0 Å². The van der Waals surface area contributed by atoms with Gasteiger partial charge in [0.15, 0.2) is 6.10 Å². The molecular formula is C9H16O5. The van der Waals surface area contributed by atoms with E-state index in [4.69, 9.17) is 10.2 Å². The number of carbonyl (C=O) groups is 2. The molecule has 2 N–H and O–H groups in total. The Morgan fingerprint density at radius 2 is 2.00 bits per heavy atom. The number of aliphatic hydroxyl groups excluding tert-OH is 1. The quantitative estimate of drug-likeness (QED) is 0.467. The summed E-state index contributed by atoms with van der Waals surface area (Å²) >= 11 is 0. The first-order valence-corrected chi connectivity index (χ1v) is 4.64. The molecule has 0 aromatic carbocycles. The molecule has 0 amide bonds. The van der Waals surface area contributed by atoms with Gasteiger partial charge in [0.25, 0.3) is 0 Å². The van der Waals surface area contributed by atoms with Gasteiger partial charge in [-0.25, -0.2) is 4.79 Å². The van der Waals surface area contributed by atoms with Crippen LogP contribution in [0.3, 0.4) is 0 Å². The Labute approximate surface area is 82.7 Å². The Bertz CT molecular complexity index is 190. The molecule has 0 bridgehead atoms. The Kier molecular flexibility index (Phi) is 6.74. The molecule has 0 aliphatic rings. The Hall–Kier alpha value is -1.10. The standard InChI is InChI=1S/C9H16O5/c1-2-3-4-5-8(11)14-6-7(10)9(12)13/h7,10H,2-6H2,1H3,(H,12,13). The van der Waals surface area contributed by atoms with Crippen LogP contribution in [0.4, 0.5) is 0 Å². The van der Waals surface area contributed by atoms with Gasteiger partial charge >= 0.3 is 11.9 Å². The van der Waals surface area contributed by atoms with Crippen molar-refractivity contribution in [2.75, 3.05) is 6.61 Å². The molecule has 1 atom stereocenters. The van der Waals surface area contributed by atoms with Crippen molar-refractivity contribution in [1.82, 2.24) is 0 Å². The van der Waals surface area contributed by atoms with Crippen LogP contribution in [0, 0.1) is 0 Å². The number of aliphatic carboxylic acids is 1. The predicted molar refractivity (Wildman–Crippen MR) is 48.7 cm³/mol. The molecule has 0 saturated heterocycles. The van der Waals surface area contributed by atoms with E-state index in [2.05, 4.69) is 4.74 Å². The lowest BCUT2D eigenvalue weighted by Crippen LogP contribution is -2.26. The second-order valence-electron chi connectivity index (χ2n) is 2.99. The lowest BCUT2D eigenvalue weighted by molar-refractivity contribution is -0.156. The lowest BCUT2D eigenvalue weighted by Gasteiger charge is -2.06. The van der Waals surface area contributed by atoms with E-state index in [9.17, 15) is 9.59 Å². The Morgan fingerprint density at radius 3 is 2.50 bits per heavy atom. The lowest BCUT2D eigenvalue weighted by atomic mass is 10.2. The summed E-state index contributed by atoms with van der Waals surface area (Å²) in [5.41, 5.74) is 0. The maximum atomic E-state index is 10.9. The minimum atomic E-state index is -1.62. The number of aliphatic hydroxyl groups is 1. The normalized spacial score (nSPS) is 12.1. The highest BCUT2D eigenvalue weighted by atomic mass is 16.5. The number of hydrogen-bond acceptors (Lipinski definition) is 4. The van der Waals surface area contributed by atoms with Crippen LogP contribution in [0.15, 0.2) is 0 Å². The molecular weight excluding hydrogens is 188 g/mol. The zero-order valence-corrected chi connectivity index (χ0v) is 8.23. The molecule has 0 spiro atoms. The maximum Gasteiger partial charge on any atom is 0.336 e. The Morgan fingerprint density at radius 1 is 1.36 bits per heavy atom. The molecule has 5 heteroatoms. The molecule has 1 unspecified atom stereocenters. The fourth-order valence-corrected chi connectivity index (χ4v) is 0.835. The van der Waals surface area contributed by atoms with Gasteiger partial charge in [0.05, 0.1) is 0 Å². The summed E-state index contributed by atoms with van der Waals surface area (Å²) in [5, 5.41) is 17.0. The third-order valence-electron chi connectivity index (χ3n) is 1.67. The van der Waals surface area contributed by atoms with Crippen LogP contribution in [0.25, 0.3) is 0 Å². The number of rotatable bonds is 7. The van der Waals surface area contributed by atoms with E-state index in [1.807, 2.05) is 6.92 Å². The summed E-state index contributed by atoms with van der Waals surface area (Å²) in [6.45, 7) is 1.54. The second kappa shape index (κ2) is 7.32.